The number of ether oxygens (including phenoxy) is 1. The number of carbonyl (C=O) groups is 1. The number of aliphatic hydroxyl groups is 1. The van der Waals surface area contributed by atoms with Gasteiger partial charge in [-0.25, -0.2) is 4.79 Å². The Hall–Kier alpha value is -3.70. The van der Waals surface area contributed by atoms with Crippen LogP contribution in [0.4, 0.5) is 0 Å². The molecule has 30 heavy (non-hydrogen) atoms. The Kier molecular flexibility index (Phi) is 5.46. The first-order chi connectivity index (χ1) is 14.7. The molecule has 0 amide bonds. The Morgan fingerprint density at radius 3 is 1.67 bits per heavy atom. The smallest absolute Gasteiger partial charge is 0.341 e. The van der Waals surface area contributed by atoms with Gasteiger partial charge in [0.1, 0.15) is 16.8 Å². The first-order valence-electron chi connectivity index (χ1n) is 9.66. The highest BCUT2D eigenvalue weighted by molar-refractivity contribution is 5.90. The molecule has 0 radical (unpaired) electrons. The molecule has 5 nitrogen and oxygen atoms in total. The third kappa shape index (κ3) is 3.19. The molecule has 0 saturated carbocycles. The Labute approximate surface area is 175 Å². The van der Waals surface area contributed by atoms with Gasteiger partial charge in [0, 0.05) is 6.20 Å². The first-order valence-corrected chi connectivity index (χ1v) is 9.66. The van der Waals surface area contributed by atoms with E-state index in [0.29, 0.717) is 0 Å². The van der Waals surface area contributed by atoms with Crippen LogP contribution in [-0.4, -0.2) is 28.0 Å². The molecule has 0 bridgehead atoms. The number of hydrogen-bond donors (Lipinski definition) is 1. The lowest BCUT2D eigenvalue weighted by Crippen LogP contribution is -2.38. The molecule has 0 fully saturated rings. The molecular weight excluding hydrogens is 376 g/mol. The summed E-state index contributed by atoms with van der Waals surface area (Å²) in [6.07, 6.45) is 1.66. The lowest BCUT2D eigenvalue weighted by atomic mass is 9.77. The normalized spacial score (nSPS) is 11.3. The minimum Gasteiger partial charge on any atom is -0.465 e. The van der Waals surface area contributed by atoms with Gasteiger partial charge in [0.2, 0.25) is 0 Å². The van der Waals surface area contributed by atoms with Crippen LogP contribution in [0.2, 0.25) is 0 Å². The Morgan fingerprint density at radius 1 is 0.867 bits per heavy atom. The Morgan fingerprint density at radius 2 is 1.30 bits per heavy atom. The predicted molar refractivity (Wildman–Crippen MR) is 114 cm³/mol. The standard InChI is InChI=1S/C25H22N2O3/c1-30-24(29)22-17-27(26-23(22)18-28)25(19-11-5-2-6-12-19,20-13-7-3-8-14-20)21-15-9-4-10-16-21/h2-17,28H,18H2,1H3. The summed E-state index contributed by atoms with van der Waals surface area (Å²) in [7, 11) is 1.32. The van der Waals surface area contributed by atoms with Crippen molar-refractivity contribution in [1.29, 1.82) is 0 Å². The van der Waals surface area contributed by atoms with Crippen molar-refractivity contribution in [3.05, 3.63) is 125 Å². The van der Waals surface area contributed by atoms with Gasteiger partial charge in [0.05, 0.1) is 13.7 Å². The van der Waals surface area contributed by atoms with Crippen molar-refractivity contribution in [2.75, 3.05) is 7.11 Å². The van der Waals surface area contributed by atoms with E-state index in [-0.39, 0.29) is 17.9 Å². The van der Waals surface area contributed by atoms with Crippen molar-refractivity contribution in [1.82, 2.24) is 9.78 Å². The minimum absolute atomic E-state index is 0.243. The topological polar surface area (TPSA) is 64.4 Å². The Bertz CT molecular complexity index is 1030. The van der Waals surface area contributed by atoms with Gasteiger partial charge < -0.3 is 9.84 Å². The summed E-state index contributed by atoms with van der Waals surface area (Å²) < 4.78 is 6.67. The van der Waals surface area contributed by atoms with Crippen LogP contribution < -0.4 is 0 Å². The predicted octanol–water partition coefficient (Wildman–Crippen LogP) is 4.00. The second-order valence-corrected chi connectivity index (χ2v) is 6.89. The number of aliphatic hydroxyl groups excluding tert-OH is 1. The van der Waals surface area contributed by atoms with Gasteiger partial charge in [0.15, 0.2) is 0 Å². The molecule has 150 valence electrons. The molecule has 0 unspecified atom stereocenters. The number of hydrogen-bond acceptors (Lipinski definition) is 4. The second kappa shape index (κ2) is 8.35. The van der Waals surface area contributed by atoms with E-state index >= 15 is 0 Å². The number of methoxy groups -OCH3 is 1. The number of aromatic nitrogens is 2. The molecule has 4 rings (SSSR count). The third-order valence-electron chi connectivity index (χ3n) is 5.26. The summed E-state index contributed by atoms with van der Waals surface area (Å²) in [5, 5.41) is 14.5. The van der Waals surface area contributed by atoms with Crippen LogP contribution in [0.3, 0.4) is 0 Å². The molecule has 1 N–H and O–H groups in total. The maximum atomic E-state index is 12.4. The van der Waals surface area contributed by atoms with E-state index in [2.05, 4.69) is 5.10 Å². The number of carbonyl (C=O) groups excluding carboxylic acids is 1. The van der Waals surface area contributed by atoms with E-state index < -0.39 is 11.5 Å². The lowest BCUT2D eigenvalue weighted by molar-refractivity contribution is 0.0597. The summed E-state index contributed by atoms with van der Waals surface area (Å²) in [5.41, 5.74) is 2.60. The molecule has 1 aromatic heterocycles. The maximum Gasteiger partial charge on any atom is 0.341 e. The van der Waals surface area contributed by atoms with E-state index in [4.69, 9.17) is 4.74 Å². The number of esters is 1. The highest BCUT2D eigenvalue weighted by atomic mass is 16.5. The van der Waals surface area contributed by atoms with Crippen molar-refractivity contribution in [2.45, 2.75) is 12.1 Å². The van der Waals surface area contributed by atoms with Gasteiger partial charge in [0.25, 0.3) is 0 Å². The Balaban J connectivity index is 2.11. The first kappa shape index (κ1) is 19.6. The van der Waals surface area contributed by atoms with E-state index in [1.165, 1.54) is 7.11 Å². The van der Waals surface area contributed by atoms with Gasteiger partial charge in [-0.1, -0.05) is 91.0 Å². The molecule has 5 heteroatoms. The summed E-state index contributed by atoms with van der Waals surface area (Å²) in [6, 6.07) is 30.0. The zero-order valence-corrected chi connectivity index (χ0v) is 16.6. The molecular formula is C25H22N2O3. The molecule has 0 saturated heterocycles. The zero-order valence-electron chi connectivity index (χ0n) is 16.6. The largest absolute Gasteiger partial charge is 0.465 e. The van der Waals surface area contributed by atoms with Gasteiger partial charge in [-0.15, -0.1) is 0 Å². The van der Waals surface area contributed by atoms with Crippen LogP contribution in [0.25, 0.3) is 0 Å². The average Bonchev–Trinajstić information content (AvgIpc) is 3.26. The summed E-state index contributed by atoms with van der Waals surface area (Å²) >= 11 is 0. The number of nitrogens with zero attached hydrogens (tertiary/aromatic N) is 2. The molecule has 3 aromatic carbocycles. The average molecular weight is 398 g/mol. The van der Waals surface area contributed by atoms with Gasteiger partial charge in [-0.2, -0.15) is 5.10 Å². The van der Waals surface area contributed by atoms with Gasteiger partial charge in [-0.05, 0) is 16.7 Å². The highest BCUT2D eigenvalue weighted by Crippen LogP contribution is 2.40. The number of rotatable bonds is 6. The fraction of sp³-hybridized carbons (Fsp3) is 0.120. The van der Waals surface area contributed by atoms with E-state index in [1.807, 2.05) is 91.0 Å². The fourth-order valence-electron chi connectivity index (χ4n) is 3.91. The molecule has 0 aliphatic heterocycles. The van der Waals surface area contributed by atoms with Crippen LogP contribution in [0.1, 0.15) is 32.7 Å². The maximum absolute atomic E-state index is 12.4. The van der Waals surface area contributed by atoms with Crippen molar-refractivity contribution >= 4 is 5.97 Å². The lowest BCUT2D eigenvalue weighted by Gasteiger charge is -2.36. The quantitative estimate of drug-likeness (QED) is 0.394. The summed E-state index contributed by atoms with van der Waals surface area (Å²) in [6.45, 7) is -0.369. The van der Waals surface area contributed by atoms with Crippen LogP contribution in [0, 0.1) is 0 Å². The molecule has 0 aliphatic carbocycles. The van der Waals surface area contributed by atoms with Crippen molar-refractivity contribution in [3.8, 4) is 0 Å². The van der Waals surface area contributed by atoms with Crippen molar-refractivity contribution in [3.63, 3.8) is 0 Å². The monoisotopic (exact) mass is 398 g/mol. The van der Waals surface area contributed by atoms with E-state index in [0.717, 1.165) is 16.7 Å². The van der Waals surface area contributed by atoms with Crippen LogP contribution in [-0.2, 0) is 16.9 Å². The summed E-state index contributed by atoms with van der Waals surface area (Å²) in [5.74, 6) is -0.534. The second-order valence-electron chi connectivity index (χ2n) is 6.89. The van der Waals surface area contributed by atoms with Gasteiger partial charge >= 0.3 is 5.97 Å². The summed E-state index contributed by atoms with van der Waals surface area (Å²) in [4.78, 5) is 12.4. The fourth-order valence-corrected chi connectivity index (χ4v) is 3.91. The van der Waals surface area contributed by atoms with E-state index in [9.17, 15) is 9.90 Å². The SMILES string of the molecule is COC(=O)c1cn(C(c2ccccc2)(c2ccccc2)c2ccccc2)nc1CO. The van der Waals surface area contributed by atoms with Crippen molar-refractivity contribution in [2.24, 2.45) is 0 Å². The highest BCUT2D eigenvalue weighted by Gasteiger charge is 2.40. The molecule has 4 aromatic rings. The minimum atomic E-state index is -0.847. The molecule has 0 aliphatic rings. The third-order valence-corrected chi connectivity index (χ3v) is 5.26. The zero-order chi connectivity index (χ0) is 21.0. The number of benzene rings is 3. The molecule has 0 spiro atoms. The molecule has 1 heterocycles. The molecule has 0 atom stereocenters. The van der Waals surface area contributed by atoms with Crippen LogP contribution in [0.15, 0.2) is 97.2 Å². The van der Waals surface area contributed by atoms with Crippen molar-refractivity contribution < 1.29 is 14.6 Å². The van der Waals surface area contributed by atoms with Crippen LogP contribution in [0.5, 0.6) is 0 Å². The van der Waals surface area contributed by atoms with Gasteiger partial charge in [-0.3, -0.25) is 4.68 Å². The van der Waals surface area contributed by atoms with E-state index in [1.54, 1.807) is 10.9 Å². The van der Waals surface area contributed by atoms with Crippen LogP contribution >= 0.6 is 0 Å².